The number of hydrogen-bond acceptors (Lipinski definition) is 4. The lowest BCUT2D eigenvalue weighted by molar-refractivity contribution is -0.124. The van der Waals surface area contributed by atoms with Crippen LogP contribution in [0.4, 0.5) is 0 Å². The molecular formula is C42H83NO4. The van der Waals surface area contributed by atoms with Crippen molar-refractivity contribution in [1.82, 2.24) is 5.32 Å². The van der Waals surface area contributed by atoms with Gasteiger partial charge in [-0.15, -0.1) is 0 Å². The minimum absolute atomic E-state index is 0.145. The number of aliphatic hydroxyl groups is 3. The van der Waals surface area contributed by atoms with Gasteiger partial charge < -0.3 is 20.6 Å². The first-order chi connectivity index (χ1) is 23.1. The summed E-state index contributed by atoms with van der Waals surface area (Å²) >= 11 is 0. The van der Waals surface area contributed by atoms with Crippen LogP contribution < -0.4 is 5.32 Å². The van der Waals surface area contributed by atoms with Crippen LogP contribution in [-0.4, -0.2) is 46.1 Å². The van der Waals surface area contributed by atoms with Crippen molar-refractivity contribution < 1.29 is 20.1 Å². The zero-order valence-electron chi connectivity index (χ0n) is 31.7. The number of amides is 1. The average Bonchev–Trinajstić information content (AvgIpc) is 3.07. The molecule has 0 saturated carbocycles. The molecule has 0 aromatic carbocycles. The highest BCUT2D eigenvalue weighted by Gasteiger charge is 2.26. The minimum Gasteiger partial charge on any atom is -0.394 e. The van der Waals surface area contributed by atoms with Gasteiger partial charge in [-0.3, -0.25) is 4.79 Å². The molecule has 0 aliphatic carbocycles. The molecule has 0 rings (SSSR count). The zero-order chi connectivity index (χ0) is 34.5. The number of nitrogens with one attached hydrogen (secondary N) is 1. The smallest absolute Gasteiger partial charge is 0.220 e. The van der Waals surface area contributed by atoms with Crippen molar-refractivity contribution >= 4 is 5.91 Å². The van der Waals surface area contributed by atoms with Crippen LogP contribution in [0.1, 0.15) is 226 Å². The maximum absolute atomic E-state index is 12.4. The molecule has 0 saturated heterocycles. The van der Waals surface area contributed by atoms with Crippen molar-refractivity contribution in [3.05, 3.63) is 12.2 Å². The number of hydrogen-bond donors (Lipinski definition) is 4. The van der Waals surface area contributed by atoms with Crippen molar-refractivity contribution in [2.45, 2.75) is 244 Å². The van der Waals surface area contributed by atoms with Gasteiger partial charge in [0.1, 0.15) is 6.10 Å². The van der Waals surface area contributed by atoms with E-state index < -0.39 is 18.2 Å². The van der Waals surface area contributed by atoms with Gasteiger partial charge in [-0.1, -0.05) is 193 Å². The maximum Gasteiger partial charge on any atom is 0.220 e. The summed E-state index contributed by atoms with van der Waals surface area (Å²) < 4.78 is 0. The predicted molar refractivity (Wildman–Crippen MR) is 204 cm³/mol. The summed E-state index contributed by atoms with van der Waals surface area (Å²) in [5.74, 6) is -0.145. The highest BCUT2D eigenvalue weighted by molar-refractivity contribution is 5.76. The van der Waals surface area contributed by atoms with Gasteiger partial charge >= 0.3 is 0 Å². The van der Waals surface area contributed by atoms with Crippen LogP contribution in [0.3, 0.4) is 0 Å². The lowest BCUT2D eigenvalue weighted by Gasteiger charge is -2.26. The third-order valence-electron chi connectivity index (χ3n) is 9.87. The topological polar surface area (TPSA) is 89.8 Å². The molecule has 3 unspecified atom stereocenters. The van der Waals surface area contributed by atoms with Gasteiger partial charge in [0.25, 0.3) is 0 Å². The summed E-state index contributed by atoms with van der Waals surface area (Å²) in [6.45, 7) is 4.18. The Morgan fingerprint density at radius 3 is 1.23 bits per heavy atom. The van der Waals surface area contributed by atoms with Crippen LogP contribution in [0.5, 0.6) is 0 Å². The molecule has 5 heteroatoms. The Balaban J connectivity index is 3.64. The highest BCUT2D eigenvalue weighted by atomic mass is 16.3. The fourth-order valence-electron chi connectivity index (χ4n) is 6.57. The van der Waals surface area contributed by atoms with Gasteiger partial charge in [0.05, 0.1) is 18.8 Å². The SMILES string of the molecule is CCCCCCCCCC=CCCCCCCCCCC(O)C(O)C(CO)NC(=O)CCCCCCCCCCCCCCCCC. The minimum atomic E-state index is -1.14. The van der Waals surface area contributed by atoms with Crippen LogP contribution in [0.15, 0.2) is 12.2 Å². The molecule has 0 aliphatic rings. The molecule has 5 nitrogen and oxygen atoms in total. The molecule has 0 fully saturated rings. The van der Waals surface area contributed by atoms with Crippen LogP contribution in [0, 0.1) is 0 Å². The molecular weight excluding hydrogens is 582 g/mol. The molecule has 0 heterocycles. The van der Waals surface area contributed by atoms with Gasteiger partial charge in [-0.2, -0.15) is 0 Å². The van der Waals surface area contributed by atoms with Gasteiger partial charge in [0.15, 0.2) is 0 Å². The monoisotopic (exact) mass is 666 g/mol. The Labute approximate surface area is 293 Å². The second kappa shape index (κ2) is 37.9. The molecule has 47 heavy (non-hydrogen) atoms. The third kappa shape index (κ3) is 33.4. The van der Waals surface area contributed by atoms with Crippen molar-refractivity contribution in [2.24, 2.45) is 0 Å². The highest BCUT2D eigenvalue weighted by Crippen LogP contribution is 2.16. The van der Waals surface area contributed by atoms with E-state index in [1.165, 1.54) is 161 Å². The van der Waals surface area contributed by atoms with E-state index in [4.69, 9.17) is 0 Å². The summed E-state index contributed by atoms with van der Waals surface area (Å²) in [7, 11) is 0. The normalized spacial score (nSPS) is 13.7. The fourth-order valence-corrected chi connectivity index (χ4v) is 6.57. The van der Waals surface area contributed by atoms with Crippen LogP contribution >= 0.6 is 0 Å². The molecule has 0 bridgehead atoms. The average molecular weight is 666 g/mol. The molecule has 4 N–H and O–H groups in total. The lowest BCUT2D eigenvalue weighted by Crippen LogP contribution is -2.50. The molecule has 280 valence electrons. The second-order valence-electron chi connectivity index (χ2n) is 14.5. The number of unbranched alkanes of at least 4 members (excludes halogenated alkanes) is 28. The number of aliphatic hydroxyl groups excluding tert-OH is 3. The number of carbonyl (C=O) groups excluding carboxylic acids is 1. The molecule has 0 aromatic heterocycles. The van der Waals surface area contributed by atoms with E-state index in [1.54, 1.807) is 0 Å². The van der Waals surface area contributed by atoms with Gasteiger partial charge in [0, 0.05) is 6.42 Å². The molecule has 0 radical (unpaired) electrons. The fraction of sp³-hybridized carbons (Fsp3) is 0.929. The third-order valence-corrected chi connectivity index (χ3v) is 9.87. The van der Waals surface area contributed by atoms with Crippen molar-refractivity contribution in [3.8, 4) is 0 Å². The largest absolute Gasteiger partial charge is 0.394 e. The Kier molecular flexibility index (Phi) is 37.2. The summed E-state index contributed by atoms with van der Waals surface area (Å²) in [5.41, 5.74) is 0. The van der Waals surface area contributed by atoms with E-state index in [2.05, 4.69) is 31.3 Å². The maximum atomic E-state index is 12.4. The van der Waals surface area contributed by atoms with E-state index in [9.17, 15) is 20.1 Å². The van der Waals surface area contributed by atoms with Gasteiger partial charge in [-0.25, -0.2) is 0 Å². The number of rotatable bonds is 38. The second-order valence-corrected chi connectivity index (χ2v) is 14.5. The van der Waals surface area contributed by atoms with Gasteiger partial charge in [0.2, 0.25) is 5.91 Å². The summed E-state index contributed by atoms with van der Waals surface area (Å²) in [6, 6.07) is -0.807. The first kappa shape index (κ1) is 46.1. The van der Waals surface area contributed by atoms with Crippen LogP contribution in [-0.2, 0) is 4.79 Å². The van der Waals surface area contributed by atoms with Crippen molar-refractivity contribution in [3.63, 3.8) is 0 Å². The molecule has 0 aliphatic heterocycles. The summed E-state index contributed by atoms with van der Waals surface area (Å²) in [6.07, 6.45) is 43.1. The molecule has 0 spiro atoms. The Hall–Kier alpha value is -0.910. The number of carbonyl (C=O) groups is 1. The lowest BCUT2D eigenvalue weighted by atomic mass is 9.99. The van der Waals surface area contributed by atoms with E-state index in [0.717, 1.165) is 38.5 Å². The quantitative estimate of drug-likeness (QED) is 0.0390. The zero-order valence-corrected chi connectivity index (χ0v) is 31.7. The summed E-state index contributed by atoms with van der Waals surface area (Å²) in [5, 5.41) is 33.5. The first-order valence-electron chi connectivity index (χ1n) is 21.0. The molecule has 3 atom stereocenters. The summed E-state index contributed by atoms with van der Waals surface area (Å²) in [4.78, 5) is 12.4. The van der Waals surface area contributed by atoms with Crippen LogP contribution in [0.2, 0.25) is 0 Å². The Morgan fingerprint density at radius 1 is 0.511 bits per heavy atom. The Morgan fingerprint density at radius 2 is 0.851 bits per heavy atom. The van der Waals surface area contributed by atoms with E-state index >= 15 is 0 Å². The van der Waals surface area contributed by atoms with E-state index in [0.29, 0.717) is 12.8 Å². The standard InChI is InChI=1S/C42H83NO4/c1-3-5-7-9-11-13-15-17-19-20-21-23-24-26-28-30-32-34-36-40(45)42(47)39(38-44)43-41(46)37-35-33-31-29-27-25-22-18-16-14-12-10-8-6-4-2/h19-20,39-40,42,44-45,47H,3-18,21-38H2,1-2H3,(H,43,46). The van der Waals surface area contributed by atoms with E-state index in [-0.39, 0.29) is 12.5 Å². The molecule has 1 amide bonds. The van der Waals surface area contributed by atoms with Gasteiger partial charge in [-0.05, 0) is 38.5 Å². The first-order valence-corrected chi connectivity index (χ1v) is 21.0. The predicted octanol–water partition coefficient (Wildman–Crippen LogP) is 11.7. The molecule has 0 aromatic rings. The van der Waals surface area contributed by atoms with Crippen LogP contribution in [0.25, 0.3) is 0 Å². The number of allylic oxidation sites excluding steroid dienone is 2. The Bertz CT molecular complexity index is 655. The van der Waals surface area contributed by atoms with Crippen molar-refractivity contribution in [2.75, 3.05) is 6.61 Å². The van der Waals surface area contributed by atoms with Crippen molar-refractivity contribution in [1.29, 1.82) is 0 Å². The van der Waals surface area contributed by atoms with E-state index in [1.807, 2.05) is 0 Å².